The third kappa shape index (κ3) is 3.23. The molecule has 0 aromatic heterocycles. The van der Waals surface area contributed by atoms with Crippen LogP contribution in [0.3, 0.4) is 0 Å². The van der Waals surface area contributed by atoms with Gasteiger partial charge in [-0.2, -0.15) is 0 Å². The van der Waals surface area contributed by atoms with Gasteiger partial charge in [-0.25, -0.2) is 0 Å². The largest absolute Gasteiger partial charge is 0.340 e. The predicted octanol–water partition coefficient (Wildman–Crippen LogP) is 1.20. The van der Waals surface area contributed by atoms with E-state index in [-0.39, 0.29) is 5.91 Å². The van der Waals surface area contributed by atoms with Gasteiger partial charge in [-0.1, -0.05) is 12.8 Å². The van der Waals surface area contributed by atoms with E-state index in [4.69, 9.17) is 5.73 Å². The second kappa shape index (κ2) is 5.57. The maximum atomic E-state index is 12.2. The molecule has 2 fully saturated rings. The number of carbonyl (C=O) groups is 1. The molecule has 4 nitrogen and oxygen atoms in total. The van der Waals surface area contributed by atoms with Crippen molar-refractivity contribution >= 4 is 5.91 Å². The summed E-state index contributed by atoms with van der Waals surface area (Å²) in [6, 6.07) is 0.769. The van der Waals surface area contributed by atoms with Crippen molar-refractivity contribution in [1.82, 2.24) is 9.80 Å². The second-order valence-electron chi connectivity index (χ2n) is 6.34. The molecule has 1 aliphatic heterocycles. The van der Waals surface area contributed by atoms with Gasteiger partial charge in [0.05, 0.1) is 5.54 Å². The molecule has 4 heteroatoms. The fraction of sp³-hybridized carbons (Fsp3) is 0.929. The molecule has 0 atom stereocenters. The van der Waals surface area contributed by atoms with Crippen molar-refractivity contribution in [1.29, 1.82) is 0 Å². The maximum Gasteiger partial charge on any atom is 0.242 e. The lowest BCUT2D eigenvalue weighted by Gasteiger charge is -2.29. The summed E-state index contributed by atoms with van der Waals surface area (Å²) < 4.78 is 0. The number of nitrogens with two attached hydrogens (primary N) is 1. The molecule has 1 aliphatic carbocycles. The van der Waals surface area contributed by atoms with Crippen molar-refractivity contribution in [3.05, 3.63) is 0 Å². The number of nitrogens with zero attached hydrogens (tertiary/aromatic N) is 2. The molecule has 2 N–H and O–H groups in total. The van der Waals surface area contributed by atoms with Gasteiger partial charge in [0.15, 0.2) is 0 Å². The summed E-state index contributed by atoms with van der Waals surface area (Å²) in [5.41, 5.74) is 5.18. The molecule has 1 saturated carbocycles. The molecule has 1 saturated heterocycles. The van der Waals surface area contributed by atoms with Gasteiger partial charge in [0.2, 0.25) is 5.91 Å². The van der Waals surface area contributed by atoms with Crippen LogP contribution in [0.2, 0.25) is 0 Å². The first kappa shape index (κ1) is 13.8. The van der Waals surface area contributed by atoms with E-state index in [1.165, 1.54) is 25.7 Å². The molecule has 2 rings (SSSR count). The van der Waals surface area contributed by atoms with Crippen LogP contribution in [0.5, 0.6) is 0 Å². The van der Waals surface area contributed by atoms with Gasteiger partial charge in [-0.3, -0.25) is 9.69 Å². The minimum atomic E-state index is -0.734. The molecule has 18 heavy (non-hydrogen) atoms. The van der Waals surface area contributed by atoms with Crippen molar-refractivity contribution in [2.75, 3.05) is 26.2 Å². The number of hydrogen-bond acceptors (Lipinski definition) is 3. The summed E-state index contributed by atoms with van der Waals surface area (Å²) >= 11 is 0. The maximum absolute atomic E-state index is 12.2. The number of rotatable bonds is 2. The third-order valence-corrected chi connectivity index (χ3v) is 4.21. The van der Waals surface area contributed by atoms with Crippen LogP contribution < -0.4 is 5.73 Å². The summed E-state index contributed by atoms with van der Waals surface area (Å²) in [7, 11) is 0. The topological polar surface area (TPSA) is 49.6 Å². The molecule has 0 spiro atoms. The third-order valence-electron chi connectivity index (χ3n) is 4.21. The molecule has 1 heterocycles. The second-order valence-corrected chi connectivity index (χ2v) is 6.34. The van der Waals surface area contributed by atoms with Gasteiger partial charge >= 0.3 is 0 Å². The first-order valence-corrected chi connectivity index (χ1v) is 7.31. The molecular weight excluding hydrogens is 226 g/mol. The fourth-order valence-electron chi connectivity index (χ4n) is 3.18. The van der Waals surface area contributed by atoms with Crippen molar-refractivity contribution in [3.63, 3.8) is 0 Å². The highest BCUT2D eigenvalue weighted by molar-refractivity contribution is 5.85. The van der Waals surface area contributed by atoms with E-state index >= 15 is 0 Å². The van der Waals surface area contributed by atoms with Crippen LogP contribution in [-0.2, 0) is 4.79 Å². The Bertz CT molecular complexity index is 292. The van der Waals surface area contributed by atoms with E-state index in [9.17, 15) is 4.79 Å². The Morgan fingerprint density at radius 2 is 1.72 bits per heavy atom. The van der Waals surface area contributed by atoms with Gasteiger partial charge in [-0.05, 0) is 33.1 Å². The molecule has 2 aliphatic rings. The highest BCUT2D eigenvalue weighted by atomic mass is 16.2. The SMILES string of the molecule is CC(C)(N)C(=O)N1CCCN(C2CCCC2)CC1. The fourth-order valence-corrected chi connectivity index (χ4v) is 3.18. The number of hydrogen-bond donors (Lipinski definition) is 1. The van der Waals surface area contributed by atoms with Crippen molar-refractivity contribution in [2.45, 2.75) is 57.5 Å². The van der Waals surface area contributed by atoms with Gasteiger partial charge in [-0.15, -0.1) is 0 Å². The Morgan fingerprint density at radius 3 is 2.33 bits per heavy atom. The van der Waals surface area contributed by atoms with Crippen LogP contribution in [0.15, 0.2) is 0 Å². The number of carbonyl (C=O) groups excluding carboxylic acids is 1. The summed E-state index contributed by atoms with van der Waals surface area (Å²) in [6.07, 6.45) is 6.52. The molecule has 1 amide bonds. The van der Waals surface area contributed by atoms with E-state index in [1.54, 1.807) is 13.8 Å². The highest BCUT2D eigenvalue weighted by Crippen LogP contribution is 2.24. The predicted molar refractivity (Wildman–Crippen MR) is 73.3 cm³/mol. The summed E-state index contributed by atoms with van der Waals surface area (Å²) in [4.78, 5) is 16.7. The molecule has 104 valence electrons. The minimum absolute atomic E-state index is 0.0933. The molecule has 0 radical (unpaired) electrons. The Hall–Kier alpha value is -0.610. The van der Waals surface area contributed by atoms with Gasteiger partial charge in [0.1, 0.15) is 0 Å². The molecule has 0 aromatic carbocycles. The minimum Gasteiger partial charge on any atom is -0.340 e. The Balaban J connectivity index is 1.90. The highest BCUT2D eigenvalue weighted by Gasteiger charge is 2.30. The average molecular weight is 253 g/mol. The lowest BCUT2D eigenvalue weighted by atomic mass is 10.1. The average Bonchev–Trinajstić information content (AvgIpc) is 2.72. The van der Waals surface area contributed by atoms with Crippen LogP contribution in [0.25, 0.3) is 0 Å². The van der Waals surface area contributed by atoms with Crippen LogP contribution in [0.4, 0.5) is 0 Å². The molecule has 0 unspecified atom stereocenters. The molecule has 0 bridgehead atoms. The zero-order chi connectivity index (χ0) is 13.2. The van der Waals surface area contributed by atoms with Gasteiger partial charge in [0, 0.05) is 32.2 Å². The lowest BCUT2D eigenvalue weighted by Crippen LogP contribution is -2.52. The Labute approximate surface area is 110 Å². The van der Waals surface area contributed by atoms with E-state index in [0.29, 0.717) is 0 Å². The monoisotopic (exact) mass is 253 g/mol. The normalized spacial score (nSPS) is 24.3. The van der Waals surface area contributed by atoms with E-state index in [2.05, 4.69) is 4.90 Å². The first-order chi connectivity index (χ1) is 8.48. The summed E-state index contributed by atoms with van der Waals surface area (Å²) in [6.45, 7) is 7.47. The zero-order valence-electron chi connectivity index (χ0n) is 11.8. The summed E-state index contributed by atoms with van der Waals surface area (Å²) in [5.74, 6) is 0.0933. The van der Waals surface area contributed by atoms with E-state index < -0.39 is 5.54 Å². The summed E-state index contributed by atoms with van der Waals surface area (Å²) in [5, 5.41) is 0. The smallest absolute Gasteiger partial charge is 0.242 e. The Kier molecular flexibility index (Phi) is 4.28. The van der Waals surface area contributed by atoms with E-state index in [1.807, 2.05) is 4.90 Å². The molecule has 0 aromatic rings. The quantitative estimate of drug-likeness (QED) is 0.804. The van der Waals surface area contributed by atoms with Crippen molar-refractivity contribution in [2.24, 2.45) is 5.73 Å². The van der Waals surface area contributed by atoms with Crippen molar-refractivity contribution in [3.8, 4) is 0 Å². The van der Waals surface area contributed by atoms with Crippen LogP contribution in [-0.4, -0.2) is 53.5 Å². The lowest BCUT2D eigenvalue weighted by molar-refractivity contribution is -0.135. The number of amides is 1. The standard InChI is InChI=1S/C14H27N3O/c1-14(2,15)13(18)17-9-5-8-16(10-11-17)12-6-3-4-7-12/h12H,3-11,15H2,1-2H3. The van der Waals surface area contributed by atoms with Gasteiger partial charge < -0.3 is 10.6 Å². The first-order valence-electron chi connectivity index (χ1n) is 7.31. The van der Waals surface area contributed by atoms with Gasteiger partial charge in [0.25, 0.3) is 0 Å². The van der Waals surface area contributed by atoms with Crippen molar-refractivity contribution < 1.29 is 4.79 Å². The molecular formula is C14H27N3O. The van der Waals surface area contributed by atoms with Crippen LogP contribution in [0, 0.1) is 0 Å². The van der Waals surface area contributed by atoms with E-state index in [0.717, 1.165) is 38.6 Å². The van der Waals surface area contributed by atoms with Crippen LogP contribution in [0.1, 0.15) is 46.0 Å². The van der Waals surface area contributed by atoms with Crippen LogP contribution >= 0.6 is 0 Å². The zero-order valence-corrected chi connectivity index (χ0v) is 11.8. The Morgan fingerprint density at radius 1 is 1.06 bits per heavy atom.